The van der Waals surface area contributed by atoms with Gasteiger partial charge in [-0.2, -0.15) is 0 Å². The highest BCUT2D eigenvalue weighted by molar-refractivity contribution is 7.99. The fraction of sp³-hybridized carbons (Fsp3) is 0.235. The average molecular weight is 326 g/mol. The normalized spacial score (nSPS) is 12.3. The number of H-pyrrole nitrogens is 1. The van der Waals surface area contributed by atoms with Crippen LogP contribution in [0.15, 0.2) is 47.6 Å². The molecule has 6 heteroatoms. The van der Waals surface area contributed by atoms with E-state index in [4.69, 9.17) is 0 Å². The van der Waals surface area contributed by atoms with Crippen LogP contribution >= 0.6 is 11.8 Å². The standard InChI is InChI=1S/C17H18N4OS/c1-11-6-7-13-14(9-11)21-17(20-13)12(2)19-15(22)10-23-16-5-3-4-8-18-16/h3-9,12H,10H2,1-2H3,(H,19,22)(H,20,21)/t12-/m1/s1. The summed E-state index contributed by atoms with van der Waals surface area (Å²) in [4.78, 5) is 24.1. The lowest BCUT2D eigenvalue weighted by Crippen LogP contribution is -2.28. The summed E-state index contributed by atoms with van der Waals surface area (Å²) in [6.07, 6.45) is 1.72. The predicted octanol–water partition coefficient (Wildman–Crippen LogP) is 3.24. The van der Waals surface area contributed by atoms with Gasteiger partial charge in [-0.1, -0.05) is 23.9 Å². The second-order valence-electron chi connectivity index (χ2n) is 5.39. The highest BCUT2D eigenvalue weighted by Crippen LogP contribution is 2.18. The van der Waals surface area contributed by atoms with Crippen LogP contribution in [-0.4, -0.2) is 26.6 Å². The highest BCUT2D eigenvalue weighted by Gasteiger charge is 2.14. The number of hydrogen-bond acceptors (Lipinski definition) is 4. The minimum atomic E-state index is -0.167. The largest absolute Gasteiger partial charge is 0.346 e. The molecule has 0 aliphatic carbocycles. The van der Waals surface area contributed by atoms with Crippen LogP contribution in [0.5, 0.6) is 0 Å². The first-order valence-electron chi connectivity index (χ1n) is 7.41. The van der Waals surface area contributed by atoms with Crippen molar-refractivity contribution in [3.8, 4) is 0 Å². The summed E-state index contributed by atoms with van der Waals surface area (Å²) in [6, 6.07) is 11.6. The van der Waals surface area contributed by atoms with Crippen molar-refractivity contribution in [3.05, 3.63) is 54.0 Å². The predicted molar refractivity (Wildman–Crippen MR) is 92.3 cm³/mol. The van der Waals surface area contributed by atoms with Crippen LogP contribution < -0.4 is 5.32 Å². The summed E-state index contributed by atoms with van der Waals surface area (Å²) in [5.41, 5.74) is 3.08. The Kier molecular flexibility index (Phi) is 4.62. The Labute approximate surface area is 138 Å². The van der Waals surface area contributed by atoms with Gasteiger partial charge in [0.25, 0.3) is 0 Å². The van der Waals surface area contributed by atoms with Crippen molar-refractivity contribution >= 4 is 28.7 Å². The topological polar surface area (TPSA) is 70.7 Å². The number of carbonyl (C=O) groups is 1. The zero-order valence-corrected chi connectivity index (χ0v) is 13.9. The summed E-state index contributed by atoms with van der Waals surface area (Å²) in [5.74, 6) is 1.06. The molecular weight excluding hydrogens is 308 g/mol. The number of nitrogens with one attached hydrogen (secondary N) is 2. The SMILES string of the molecule is Cc1ccc2nc([C@@H](C)NC(=O)CSc3ccccn3)[nH]c2c1. The lowest BCUT2D eigenvalue weighted by atomic mass is 10.2. The Morgan fingerprint density at radius 2 is 2.22 bits per heavy atom. The molecule has 0 unspecified atom stereocenters. The number of hydrogen-bond donors (Lipinski definition) is 2. The number of pyridine rings is 1. The van der Waals surface area contributed by atoms with Crippen LogP contribution in [0.25, 0.3) is 11.0 Å². The van der Waals surface area contributed by atoms with E-state index in [-0.39, 0.29) is 11.9 Å². The second-order valence-corrected chi connectivity index (χ2v) is 6.38. The van der Waals surface area contributed by atoms with E-state index in [2.05, 4.69) is 26.3 Å². The van der Waals surface area contributed by atoms with Crippen LogP contribution in [0.2, 0.25) is 0 Å². The molecule has 0 aliphatic heterocycles. The molecule has 0 fully saturated rings. The first-order valence-corrected chi connectivity index (χ1v) is 8.40. The number of thioether (sulfide) groups is 1. The molecule has 0 aliphatic rings. The smallest absolute Gasteiger partial charge is 0.230 e. The molecule has 0 radical (unpaired) electrons. The summed E-state index contributed by atoms with van der Waals surface area (Å²) >= 11 is 1.42. The van der Waals surface area contributed by atoms with Crippen molar-refractivity contribution in [1.82, 2.24) is 20.3 Å². The quantitative estimate of drug-likeness (QED) is 0.706. The highest BCUT2D eigenvalue weighted by atomic mass is 32.2. The van der Waals surface area contributed by atoms with Gasteiger partial charge in [-0.05, 0) is 43.7 Å². The molecule has 3 rings (SSSR count). The maximum atomic E-state index is 12.1. The van der Waals surface area contributed by atoms with E-state index in [0.717, 1.165) is 21.9 Å². The number of aromatic amines is 1. The molecular formula is C17H18N4OS. The van der Waals surface area contributed by atoms with Gasteiger partial charge in [-0.15, -0.1) is 0 Å². The molecule has 5 nitrogen and oxygen atoms in total. The van der Waals surface area contributed by atoms with Gasteiger partial charge < -0.3 is 10.3 Å². The van der Waals surface area contributed by atoms with E-state index in [9.17, 15) is 4.79 Å². The number of nitrogens with zero attached hydrogens (tertiary/aromatic N) is 2. The van der Waals surface area contributed by atoms with E-state index >= 15 is 0 Å². The third kappa shape index (κ3) is 3.90. The molecule has 0 spiro atoms. The fourth-order valence-electron chi connectivity index (χ4n) is 2.27. The van der Waals surface area contributed by atoms with Crippen molar-refractivity contribution in [2.75, 3.05) is 5.75 Å². The van der Waals surface area contributed by atoms with E-state index in [1.54, 1.807) is 6.20 Å². The lowest BCUT2D eigenvalue weighted by molar-refractivity contribution is -0.119. The van der Waals surface area contributed by atoms with E-state index in [1.807, 2.05) is 44.2 Å². The molecule has 0 bridgehead atoms. The van der Waals surface area contributed by atoms with Crippen LogP contribution in [0.1, 0.15) is 24.4 Å². The fourth-order valence-corrected chi connectivity index (χ4v) is 2.94. The number of carbonyl (C=O) groups excluding carboxylic acids is 1. The molecule has 3 aromatic rings. The third-order valence-corrected chi connectivity index (χ3v) is 4.38. The van der Waals surface area contributed by atoms with Gasteiger partial charge in [-0.25, -0.2) is 9.97 Å². The summed E-state index contributed by atoms with van der Waals surface area (Å²) in [7, 11) is 0. The van der Waals surface area contributed by atoms with Crippen LogP contribution in [-0.2, 0) is 4.79 Å². The minimum absolute atomic E-state index is 0.0372. The van der Waals surface area contributed by atoms with Gasteiger partial charge in [0.1, 0.15) is 5.82 Å². The molecule has 1 atom stereocenters. The Morgan fingerprint density at radius 1 is 1.35 bits per heavy atom. The van der Waals surface area contributed by atoms with E-state index in [0.29, 0.717) is 5.75 Å². The van der Waals surface area contributed by atoms with Crippen molar-refractivity contribution in [2.45, 2.75) is 24.9 Å². The van der Waals surface area contributed by atoms with E-state index in [1.165, 1.54) is 17.3 Å². The Hall–Kier alpha value is -2.34. The van der Waals surface area contributed by atoms with Crippen LogP contribution in [0.3, 0.4) is 0 Å². The monoisotopic (exact) mass is 326 g/mol. The molecule has 1 amide bonds. The average Bonchev–Trinajstić information content (AvgIpc) is 2.97. The molecule has 2 N–H and O–H groups in total. The van der Waals surface area contributed by atoms with Crippen molar-refractivity contribution in [3.63, 3.8) is 0 Å². The van der Waals surface area contributed by atoms with Crippen molar-refractivity contribution < 1.29 is 4.79 Å². The van der Waals surface area contributed by atoms with Gasteiger partial charge in [0.2, 0.25) is 5.91 Å². The third-order valence-electron chi connectivity index (χ3n) is 3.43. The van der Waals surface area contributed by atoms with E-state index < -0.39 is 0 Å². The lowest BCUT2D eigenvalue weighted by Gasteiger charge is -2.11. The second kappa shape index (κ2) is 6.83. The summed E-state index contributed by atoms with van der Waals surface area (Å²) in [6.45, 7) is 3.97. The van der Waals surface area contributed by atoms with Gasteiger partial charge in [0, 0.05) is 6.20 Å². The number of rotatable bonds is 5. The molecule has 23 heavy (non-hydrogen) atoms. The Bertz CT molecular complexity index is 816. The number of aromatic nitrogens is 3. The van der Waals surface area contributed by atoms with Crippen molar-refractivity contribution in [2.24, 2.45) is 0 Å². The molecule has 118 valence electrons. The zero-order valence-electron chi connectivity index (χ0n) is 13.0. The number of benzene rings is 1. The van der Waals surface area contributed by atoms with Gasteiger partial charge in [0.15, 0.2) is 0 Å². The minimum Gasteiger partial charge on any atom is -0.346 e. The summed E-state index contributed by atoms with van der Waals surface area (Å²) in [5, 5.41) is 3.80. The maximum absolute atomic E-state index is 12.1. The van der Waals surface area contributed by atoms with Crippen LogP contribution in [0, 0.1) is 6.92 Å². The molecule has 0 saturated heterocycles. The summed E-state index contributed by atoms with van der Waals surface area (Å²) < 4.78 is 0. The molecule has 2 aromatic heterocycles. The number of imidazole rings is 1. The maximum Gasteiger partial charge on any atom is 0.230 e. The Balaban J connectivity index is 1.61. The number of fused-ring (bicyclic) bond motifs is 1. The number of amides is 1. The Morgan fingerprint density at radius 3 is 3.00 bits per heavy atom. The molecule has 1 aromatic carbocycles. The van der Waals surface area contributed by atoms with Crippen molar-refractivity contribution in [1.29, 1.82) is 0 Å². The van der Waals surface area contributed by atoms with Gasteiger partial charge in [-0.3, -0.25) is 4.79 Å². The van der Waals surface area contributed by atoms with Crippen LogP contribution in [0.4, 0.5) is 0 Å². The molecule has 2 heterocycles. The first-order chi connectivity index (χ1) is 11.1. The molecule has 0 saturated carbocycles. The zero-order chi connectivity index (χ0) is 16.2. The first kappa shape index (κ1) is 15.6. The van der Waals surface area contributed by atoms with Gasteiger partial charge >= 0.3 is 0 Å². The number of aryl methyl sites for hydroxylation is 1. The van der Waals surface area contributed by atoms with Gasteiger partial charge in [0.05, 0.1) is 27.9 Å².